The summed E-state index contributed by atoms with van der Waals surface area (Å²) in [6, 6.07) is 13.6. The zero-order valence-electron chi connectivity index (χ0n) is 21.7. The second-order valence-electron chi connectivity index (χ2n) is 8.81. The number of nitrogens with one attached hydrogen (secondary N) is 1. The van der Waals surface area contributed by atoms with E-state index < -0.39 is 5.91 Å². The fourth-order valence-corrected chi connectivity index (χ4v) is 6.81. The Morgan fingerprint density at radius 2 is 1.43 bits per heavy atom. The minimum absolute atomic E-state index is 0.0124. The van der Waals surface area contributed by atoms with Crippen LogP contribution in [-0.4, -0.2) is 43.1 Å². The molecule has 1 heterocycles. The van der Waals surface area contributed by atoms with Crippen LogP contribution in [0.3, 0.4) is 0 Å². The van der Waals surface area contributed by atoms with Crippen molar-refractivity contribution in [1.29, 1.82) is 0 Å². The maximum atomic E-state index is 12.7. The minimum Gasteiger partial charge on any atom is -0.491 e. The monoisotopic (exact) mass is 803 g/mol. The van der Waals surface area contributed by atoms with Gasteiger partial charge in [-0.15, -0.1) is 0 Å². The number of hydrogen-bond acceptors (Lipinski definition) is 6. The SMILES string of the molecule is NCCCOc1c(Br)cc(CCNC(=O)/C(Cc2cc(Br)c(OCCC[n+]3ccccc3)c(Br)c2)=N\O)cc1Br. The molecule has 0 aliphatic rings. The van der Waals surface area contributed by atoms with E-state index in [4.69, 9.17) is 15.2 Å². The molecule has 3 rings (SSSR count). The largest absolute Gasteiger partial charge is 0.491 e. The van der Waals surface area contributed by atoms with Crippen molar-refractivity contribution in [2.45, 2.75) is 32.2 Å². The molecule has 1 amide bonds. The van der Waals surface area contributed by atoms with Gasteiger partial charge in [0.05, 0.1) is 31.1 Å². The van der Waals surface area contributed by atoms with Crippen LogP contribution < -0.4 is 25.1 Å². The first kappa shape index (κ1) is 32.5. The van der Waals surface area contributed by atoms with E-state index in [2.05, 4.69) is 78.8 Å². The fraction of sp³-hybridized carbons (Fsp3) is 0.321. The van der Waals surface area contributed by atoms with Crippen LogP contribution in [0.4, 0.5) is 0 Å². The van der Waals surface area contributed by atoms with E-state index in [0.29, 0.717) is 38.5 Å². The van der Waals surface area contributed by atoms with Gasteiger partial charge in [-0.3, -0.25) is 4.79 Å². The van der Waals surface area contributed by atoms with Crippen LogP contribution in [0.5, 0.6) is 11.5 Å². The molecule has 0 saturated carbocycles. The Kier molecular flexibility index (Phi) is 13.9. The van der Waals surface area contributed by atoms with Crippen molar-refractivity contribution < 1.29 is 24.0 Å². The van der Waals surface area contributed by atoms with E-state index in [1.165, 1.54) is 0 Å². The summed E-state index contributed by atoms with van der Waals surface area (Å²) in [7, 11) is 0. The summed E-state index contributed by atoms with van der Waals surface area (Å²) < 4.78 is 17.0. The standard InChI is InChI=1S/C28H30Br4N4O4/c29-21-14-19(15-22(30)26(21)39-12-4-7-33)6-8-34-28(37)25(35-38)18-20-16-23(31)27(24(32)17-20)40-13-5-11-36-9-2-1-3-10-36/h1-3,9-10,14-17H,4-8,11-13,18,33H2,(H-,34,37,38)/p+1. The van der Waals surface area contributed by atoms with Crippen molar-refractivity contribution in [2.24, 2.45) is 10.9 Å². The van der Waals surface area contributed by atoms with Crippen LogP contribution in [0.1, 0.15) is 24.0 Å². The molecule has 8 nitrogen and oxygen atoms in total. The normalized spacial score (nSPS) is 11.4. The molecule has 2 aromatic carbocycles. The highest BCUT2D eigenvalue weighted by Gasteiger charge is 2.17. The van der Waals surface area contributed by atoms with Gasteiger partial charge >= 0.3 is 0 Å². The number of nitrogens with zero attached hydrogens (tertiary/aromatic N) is 2. The number of rotatable bonds is 15. The lowest BCUT2D eigenvalue weighted by molar-refractivity contribution is -0.697. The highest BCUT2D eigenvalue weighted by atomic mass is 79.9. The average Bonchev–Trinajstić information content (AvgIpc) is 2.93. The van der Waals surface area contributed by atoms with Crippen LogP contribution in [0.15, 0.2) is 77.9 Å². The Morgan fingerprint density at radius 3 is 1.98 bits per heavy atom. The topological polar surface area (TPSA) is 110 Å². The van der Waals surface area contributed by atoms with Crippen LogP contribution in [0.2, 0.25) is 0 Å². The molecule has 0 aliphatic heterocycles. The molecule has 0 fully saturated rings. The number of carbonyl (C=O) groups is 1. The van der Waals surface area contributed by atoms with Crippen LogP contribution in [-0.2, 0) is 24.2 Å². The Morgan fingerprint density at radius 1 is 0.875 bits per heavy atom. The number of hydrogen-bond donors (Lipinski definition) is 3. The molecule has 0 bridgehead atoms. The summed E-state index contributed by atoms with van der Waals surface area (Å²) in [4.78, 5) is 12.7. The van der Waals surface area contributed by atoms with Crippen molar-refractivity contribution in [3.05, 3.63) is 83.9 Å². The summed E-state index contributed by atoms with van der Waals surface area (Å²) in [6.45, 7) is 2.86. The summed E-state index contributed by atoms with van der Waals surface area (Å²) in [6.07, 6.45) is 6.38. The quantitative estimate of drug-likeness (QED) is 0.0579. The van der Waals surface area contributed by atoms with Gasteiger partial charge in [0.15, 0.2) is 18.9 Å². The smallest absolute Gasteiger partial charge is 0.269 e. The van der Waals surface area contributed by atoms with Gasteiger partial charge in [-0.2, -0.15) is 0 Å². The molecule has 4 N–H and O–H groups in total. The Hall–Kier alpha value is -1.99. The first-order valence-electron chi connectivity index (χ1n) is 12.7. The number of aromatic nitrogens is 1. The van der Waals surface area contributed by atoms with Crippen molar-refractivity contribution in [2.75, 3.05) is 26.3 Å². The van der Waals surface area contributed by atoms with Gasteiger partial charge in [0.2, 0.25) is 0 Å². The lowest BCUT2D eigenvalue weighted by Gasteiger charge is -2.13. The van der Waals surface area contributed by atoms with Crippen LogP contribution in [0, 0.1) is 0 Å². The van der Waals surface area contributed by atoms with Gasteiger partial charge in [0, 0.05) is 31.5 Å². The first-order valence-corrected chi connectivity index (χ1v) is 15.8. The predicted octanol–water partition coefficient (Wildman–Crippen LogP) is 5.95. The van der Waals surface area contributed by atoms with Gasteiger partial charge in [-0.05, 0) is 118 Å². The Balaban J connectivity index is 1.50. The van der Waals surface area contributed by atoms with Crippen LogP contribution in [0.25, 0.3) is 0 Å². The van der Waals surface area contributed by atoms with Crippen molar-refractivity contribution in [3.8, 4) is 11.5 Å². The number of oxime groups is 1. The number of nitrogens with two attached hydrogens (primary N) is 1. The molecule has 1 aromatic heterocycles. The number of aryl methyl sites for hydroxylation is 1. The molecule has 3 aromatic rings. The highest BCUT2D eigenvalue weighted by molar-refractivity contribution is 9.11. The second-order valence-corrected chi connectivity index (χ2v) is 12.2. The number of halogens is 4. The Labute approximate surface area is 267 Å². The van der Waals surface area contributed by atoms with E-state index in [9.17, 15) is 10.0 Å². The summed E-state index contributed by atoms with van der Waals surface area (Å²) in [5, 5.41) is 15.6. The van der Waals surface area contributed by atoms with Gasteiger partial charge in [0.1, 0.15) is 17.2 Å². The maximum absolute atomic E-state index is 12.7. The van der Waals surface area contributed by atoms with Gasteiger partial charge in [-0.1, -0.05) is 11.2 Å². The molecule has 0 unspecified atom stereocenters. The lowest BCUT2D eigenvalue weighted by atomic mass is 10.1. The van der Waals surface area contributed by atoms with Crippen LogP contribution >= 0.6 is 63.7 Å². The molecule has 0 saturated heterocycles. The zero-order valence-corrected chi connectivity index (χ0v) is 28.1. The van der Waals surface area contributed by atoms with Crippen molar-refractivity contribution >= 4 is 75.3 Å². The van der Waals surface area contributed by atoms with Gasteiger partial charge < -0.3 is 25.7 Å². The predicted molar refractivity (Wildman–Crippen MR) is 169 cm³/mol. The summed E-state index contributed by atoms with van der Waals surface area (Å²) >= 11 is 14.2. The van der Waals surface area contributed by atoms with E-state index in [1.807, 2.05) is 54.9 Å². The third-order valence-corrected chi connectivity index (χ3v) is 8.11. The van der Waals surface area contributed by atoms with E-state index in [1.54, 1.807) is 0 Å². The molecular formula is C28H31Br4N4O4+. The minimum atomic E-state index is -0.437. The lowest BCUT2D eigenvalue weighted by Crippen LogP contribution is -2.33. The summed E-state index contributed by atoms with van der Waals surface area (Å²) in [5.74, 6) is 0.964. The maximum Gasteiger partial charge on any atom is 0.269 e. The third kappa shape index (κ3) is 10.1. The fourth-order valence-electron chi connectivity index (χ4n) is 3.79. The van der Waals surface area contributed by atoms with Crippen molar-refractivity contribution in [3.63, 3.8) is 0 Å². The highest BCUT2D eigenvalue weighted by Crippen LogP contribution is 2.36. The number of carbonyl (C=O) groups excluding carboxylic acids is 1. The van der Waals surface area contributed by atoms with E-state index in [0.717, 1.165) is 54.2 Å². The second kappa shape index (κ2) is 17.1. The van der Waals surface area contributed by atoms with Crippen molar-refractivity contribution in [1.82, 2.24) is 5.32 Å². The summed E-state index contributed by atoms with van der Waals surface area (Å²) in [5.41, 5.74) is 7.33. The third-order valence-electron chi connectivity index (χ3n) is 5.75. The van der Waals surface area contributed by atoms with E-state index in [-0.39, 0.29) is 12.1 Å². The molecular weight excluding hydrogens is 776 g/mol. The molecule has 40 heavy (non-hydrogen) atoms. The molecule has 0 aliphatic carbocycles. The average molecular weight is 807 g/mol. The van der Waals surface area contributed by atoms with Gasteiger partial charge in [0.25, 0.3) is 5.91 Å². The molecule has 0 spiro atoms. The molecule has 214 valence electrons. The number of pyridine rings is 1. The first-order chi connectivity index (χ1) is 19.3. The number of benzene rings is 2. The molecule has 0 atom stereocenters. The van der Waals surface area contributed by atoms with Gasteiger partial charge in [-0.25, -0.2) is 4.57 Å². The molecule has 0 radical (unpaired) electrons. The van der Waals surface area contributed by atoms with E-state index >= 15 is 0 Å². The number of ether oxygens (including phenoxy) is 2. The Bertz CT molecular complexity index is 1260. The zero-order chi connectivity index (χ0) is 28.9. The molecule has 12 heteroatoms. The number of amides is 1.